The van der Waals surface area contributed by atoms with Crippen molar-refractivity contribution in [2.45, 2.75) is 24.4 Å². The molecule has 1 aliphatic rings. The zero-order valence-electron chi connectivity index (χ0n) is 7.87. The van der Waals surface area contributed by atoms with Gasteiger partial charge in [-0.25, -0.2) is 0 Å². The fraction of sp³-hybridized carbons (Fsp3) is 1.00. The Morgan fingerprint density at radius 2 is 1.71 bits per heavy atom. The monoisotopic (exact) mass is 208 g/mol. The summed E-state index contributed by atoms with van der Waals surface area (Å²) in [5, 5.41) is 46.0. The van der Waals surface area contributed by atoms with Gasteiger partial charge in [-0.3, -0.25) is 0 Å². The molecular formula is C8H18NO5+. The molecule has 0 amide bonds. The van der Waals surface area contributed by atoms with Gasteiger partial charge >= 0.3 is 0 Å². The van der Waals surface area contributed by atoms with Gasteiger partial charge in [-0.05, 0) is 0 Å². The molecule has 1 aliphatic heterocycles. The van der Waals surface area contributed by atoms with Crippen molar-refractivity contribution in [2.75, 3.05) is 26.3 Å². The predicted octanol–water partition coefficient (Wildman–Crippen LogP) is -4.68. The topological polar surface area (TPSA) is 106 Å². The van der Waals surface area contributed by atoms with E-state index in [9.17, 15) is 15.3 Å². The van der Waals surface area contributed by atoms with E-state index >= 15 is 0 Å². The molecule has 1 fully saturated rings. The highest BCUT2D eigenvalue weighted by Gasteiger charge is 2.43. The van der Waals surface area contributed by atoms with Gasteiger partial charge in [-0.1, -0.05) is 0 Å². The molecule has 1 unspecified atom stereocenters. The maximum atomic E-state index is 9.53. The first kappa shape index (κ1) is 11.8. The normalized spacial score (nSPS) is 43.9. The second kappa shape index (κ2) is 5.01. The average Bonchev–Trinajstić information content (AvgIpc) is 2.16. The van der Waals surface area contributed by atoms with Gasteiger partial charge in [0.05, 0.1) is 13.2 Å². The molecule has 1 heterocycles. The summed E-state index contributed by atoms with van der Waals surface area (Å²) < 4.78 is 0. The molecule has 0 aromatic heterocycles. The first-order valence-corrected chi connectivity index (χ1v) is 4.72. The minimum atomic E-state index is -1.21. The van der Waals surface area contributed by atoms with Crippen molar-refractivity contribution in [1.82, 2.24) is 0 Å². The molecule has 0 aliphatic carbocycles. The van der Waals surface area contributed by atoms with Crippen LogP contribution in [-0.4, -0.2) is 76.2 Å². The van der Waals surface area contributed by atoms with Gasteiger partial charge in [0.1, 0.15) is 37.4 Å². The number of aliphatic hydroxyl groups is 5. The minimum Gasteiger partial charge on any atom is -0.391 e. The van der Waals surface area contributed by atoms with Gasteiger partial charge in [0.15, 0.2) is 0 Å². The number of likely N-dealkylation sites (tertiary alicyclic amines) is 1. The molecule has 84 valence electrons. The Labute approximate surface area is 82.0 Å². The van der Waals surface area contributed by atoms with E-state index in [-0.39, 0.29) is 19.8 Å². The van der Waals surface area contributed by atoms with Crippen molar-refractivity contribution >= 4 is 0 Å². The van der Waals surface area contributed by atoms with Crippen LogP contribution in [0.5, 0.6) is 0 Å². The van der Waals surface area contributed by atoms with E-state index in [2.05, 4.69) is 0 Å². The largest absolute Gasteiger partial charge is 0.391 e. The van der Waals surface area contributed by atoms with E-state index in [1.807, 2.05) is 0 Å². The molecule has 0 aromatic rings. The summed E-state index contributed by atoms with van der Waals surface area (Å²) in [7, 11) is 0. The van der Waals surface area contributed by atoms with Crippen molar-refractivity contribution in [3.05, 3.63) is 0 Å². The first-order valence-electron chi connectivity index (χ1n) is 4.72. The summed E-state index contributed by atoms with van der Waals surface area (Å²) in [6.45, 7) is 0.206. The Kier molecular flexibility index (Phi) is 4.24. The molecule has 0 bridgehead atoms. The predicted molar refractivity (Wildman–Crippen MR) is 46.7 cm³/mol. The maximum Gasteiger partial charge on any atom is 0.140 e. The molecule has 6 nitrogen and oxygen atoms in total. The van der Waals surface area contributed by atoms with Crippen LogP contribution >= 0.6 is 0 Å². The van der Waals surface area contributed by atoms with Gasteiger partial charge in [-0.15, -0.1) is 0 Å². The van der Waals surface area contributed by atoms with Crippen LogP contribution in [0.4, 0.5) is 0 Å². The van der Waals surface area contributed by atoms with Crippen LogP contribution < -0.4 is 4.90 Å². The smallest absolute Gasteiger partial charge is 0.140 e. The maximum absolute atomic E-state index is 9.53. The summed E-state index contributed by atoms with van der Waals surface area (Å²) in [6, 6.07) is -0.541. The van der Waals surface area contributed by atoms with Gasteiger partial charge in [-0.2, -0.15) is 0 Å². The van der Waals surface area contributed by atoms with Gasteiger partial charge < -0.3 is 30.4 Å². The van der Waals surface area contributed by atoms with Crippen LogP contribution in [0, 0.1) is 0 Å². The number of hydrogen-bond donors (Lipinski definition) is 6. The van der Waals surface area contributed by atoms with Crippen LogP contribution in [0.3, 0.4) is 0 Å². The lowest BCUT2D eigenvalue weighted by Gasteiger charge is -2.39. The highest BCUT2D eigenvalue weighted by Crippen LogP contribution is 2.06. The quantitative estimate of drug-likeness (QED) is 0.280. The van der Waals surface area contributed by atoms with Crippen molar-refractivity contribution in [1.29, 1.82) is 0 Å². The Morgan fingerprint density at radius 3 is 2.21 bits per heavy atom. The summed E-state index contributed by atoms with van der Waals surface area (Å²) in [5.41, 5.74) is 0. The number of quaternary nitrogens is 1. The number of hydrogen-bond acceptors (Lipinski definition) is 5. The Balaban J connectivity index is 2.66. The van der Waals surface area contributed by atoms with Crippen LogP contribution in [0.1, 0.15) is 0 Å². The highest BCUT2D eigenvalue weighted by molar-refractivity contribution is 4.84. The summed E-state index contributed by atoms with van der Waals surface area (Å²) >= 11 is 0. The Hall–Kier alpha value is -0.240. The van der Waals surface area contributed by atoms with Crippen LogP contribution in [0.25, 0.3) is 0 Å². The lowest BCUT2D eigenvalue weighted by molar-refractivity contribution is -0.940. The molecule has 6 N–H and O–H groups in total. The lowest BCUT2D eigenvalue weighted by atomic mass is 9.94. The molecule has 0 aromatic carbocycles. The molecule has 6 heteroatoms. The molecule has 0 saturated carbocycles. The fourth-order valence-corrected chi connectivity index (χ4v) is 1.92. The average molecular weight is 208 g/mol. The molecule has 5 atom stereocenters. The number of aliphatic hydroxyl groups excluding tert-OH is 5. The molecule has 0 spiro atoms. The first-order chi connectivity index (χ1) is 6.61. The van der Waals surface area contributed by atoms with Gasteiger partial charge in [0.25, 0.3) is 0 Å². The third kappa shape index (κ3) is 2.22. The summed E-state index contributed by atoms with van der Waals surface area (Å²) in [4.78, 5) is 0.709. The van der Waals surface area contributed by atoms with E-state index in [1.165, 1.54) is 0 Å². The van der Waals surface area contributed by atoms with E-state index in [0.717, 1.165) is 0 Å². The highest BCUT2D eigenvalue weighted by atomic mass is 16.4. The van der Waals surface area contributed by atoms with Crippen molar-refractivity contribution in [3.63, 3.8) is 0 Å². The van der Waals surface area contributed by atoms with Crippen LogP contribution in [0.15, 0.2) is 0 Å². The standard InChI is InChI=1S/C8H17NO5/c10-2-1-9-3-6(12)8(14)7(13)5(9)4-11/h5-8,10-14H,1-4H2/p+1/t5-,6+,7-,8-/m1/s1. The Morgan fingerprint density at radius 1 is 1.07 bits per heavy atom. The molecule has 1 rings (SSSR count). The van der Waals surface area contributed by atoms with Gasteiger partial charge in [0, 0.05) is 0 Å². The number of rotatable bonds is 3. The van der Waals surface area contributed by atoms with E-state index in [0.29, 0.717) is 11.4 Å². The number of nitrogens with one attached hydrogen (secondary N) is 1. The third-order valence-electron chi connectivity index (χ3n) is 2.78. The Bertz CT molecular complexity index is 179. The fourth-order valence-electron chi connectivity index (χ4n) is 1.92. The van der Waals surface area contributed by atoms with Crippen molar-refractivity contribution < 1.29 is 30.4 Å². The third-order valence-corrected chi connectivity index (χ3v) is 2.78. The molecular weight excluding hydrogens is 190 g/mol. The van der Waals surface area contributed by atoms with Crippen LogP contribution in [0.2, 0.25) is 0 Å². The van der Waals surface area contributed by atoms with Crippen LogP contribution in [-0.2, 0) is 0 Å². The van der Waals surface area contributed by atoms with E-state index in [1.54, 1.807) is 0 Å². The van der Waals surface area contributed by atoms with E-state index in [4.69, 9.17) is 10.2 Å². The van der Waals surface area contributed by atoms with Crippen molar-refractivity contribution in [2.24, 2.45) is 0 Å². The molecule has 0 radical (unpaired) electrons. The second-order valence-corrected chi connectivity index (χ2v) is 3.67. The summed E-state index contributed by atoms with van der Waals surface area (Å²) in [6.07, 6.45) is -3.37. The molecule has 14 heavy (non-hydrogen) atoms. The zero-order valence-corrected chi connectivity index (χ0v) is 7.87. The number of piperidine rings is 1. The minimum absolute atomic E-state index is 0.0820. The van der Waals surface area contributed by atoms with Gasteiger partial charge in [0.2, 0.25) is 0 Å². The SMILES string of the molecule is OCC[NH+]1C[C@H](O)[C@@H](O)[C@H](O)[C@H]1CO. The van der Waals surface area contributed by atoms with E-state index < -0.39 is 24.4 Å². The zero-order chi connectivity index (χ0) is 10.7. The molecule has 1 saturated heterocycles. The summed E-state index contributed by atoms with van der Waals surface area (Å²) in [5.74, 6) is 0. The second-order valence-electron chi connectivity index (χ2n) is 3.67. The van der Waals surface area contributed by atoms with Crippen molar-refractivity contribution in [3.8, 4) is 0 Å². The lowest BCUT2D eigenvalue weighted by Crippen LogP contribution is -3.21.